The molecule has 0 aliphatic carbocycles. The first-order valence-corrected chi connectivity index (χ1v) is 13.3. The SMILES string of the molecule is CCOc1ccc(C(C(=O)NC(C)(C)CC)N(C(=O)Cn2nnc3ccccc32)c2ccc3c(c2)OCO3)cc1. The van der Waals surface area contributed by atoms with Gasteiger partial charge in [0.25, 0.3) is 0 Å². The van der Waals surface area contributed by atoms with Gasteiger partial charge in [0.15, 0.2) is 11.5 Å². The quantitative estimate of drug-likeness (QED) is 0.311. The standard InChI is InChI=1S/C30H33N5O5/c1-5-30(3,4)31-29(37)28(20-11-14-22(15-12-20)38-6-2)35(21-13-16-25-26(17-21)40-19-39-25)27(36)18-34-24-10-8-7-9-23(24)32-33-34/h7-17,28H,5-6,18-19H2,1-4H3,(H,31,37). The van der Waals surface area contributed by atoms with Crippen molar-refractivity contribution in [3.05, 3.63) is 72.3 Å². The Morgan fingerprint density at radius 1 is 1.05 bits per heavy atom. The lowest BCUT2D eigenvalue weighted by Crippen LogP contribution is -2.51. The van der Waals surface area contributed by atoms with Gasteiger partial charge in [0.05, 0.1) is 12.1 Å². The lowest BCUT2D eigenvalue weighted by Gasteiger charge is -2.34. The number of aromatic nitrogens is 3. The minimum Gasteiger partial charge on any atom is -0.494 e. The molecule has 4 aromatic rings. The first kappa shape index (κ1) is 27.0. The van der Waals surface area contributed by atoms with E-state index in [4.69, 9.17) is 14.2 Å². The van der Waals surface area contributed by atoms with E-state index in [-0.39, 0.29) is 25.2 Å². The summed E-state index contributed by atoms with van der Waals surface area (Å²) in [7, 11) is 0. The van der Waals surface area contributed by atoms with Gasteiger partial charge in [-0.05, 0) is 69.2 Å². The van der Waals surface area contributed by atoms with Gasteiger partial charge in [-0.3, -0.25) is 14.5 Å². The second-order valence-corrected chi connectivity index (χ2v) is 10.2. The van der Waals surface area contributed by atoms with Gasteiger partial charge in [-0.25, -0.2) is 4.68 Å². The van der Waals surface area contributed by atoms with Gasteiger partial charge in [-0.2, -0.15) is 0 Å². The maximum atomic E-state index is 14.2. The van der Waals surface area contributed by atoms with E-state index < -0.39 is 11.6 Å². The summed E-state index contributed by atoms with van der Waals surface area (Å²) in [5.74, 6) is 1.09. The Morgan fingerprint density at radius 3 is 2.55 bits per heavy atom. The molecular weight excluding hydrogens is 510 g/mol. The van der Waals surface area contributed by atoms with Gasteiger partial charge < -0.3 is 19.5 Å². The number of hydrogen-bond donors (Lipinski definition) is 1. The number of carbonyl (C=O) groups is 2. The lowest BCUT2D eigenvalue weighted by molar-refractivity contribution is -0.128. The minimum atomic E-state index is -0.996. The first-order valence-electron chi connectivity index (χ1n) is 13.3. The van der Waals surface area contributed by atoms with Crippen LogP contribution in [0.2, 0.25) is 0 Å². The van der Waals surface area contributed by atoms with E-state index in [1.54, 1.807) is 35.0 Å². The van der Waals surface area contributed by atoms with Crippen LogP contribution < -0.4 is 24.4 Å². The van der Waals surface area contributed by atoms with Crippen LogP contribution in [0, 0.1) is 0 Å². The predicted octanol–water partition coefficient (Wildman–Crippen LogP) is 4.64. The zero-order valence-electron chi connectivity index (χ0n) is 23.1. The highest BCUT2D eigenvalue weighted by atomic mass is 16.7. The Morgan fingerprint density at radius 2 is 1.80 bits per heavy atom. The summed E-state index contributed by atoms with van der Waals surface area (Å²) in [6, 6.07) is 18.9. The molecule has 208 valence electrons. The van der Waals surface area contributed by atoms with Gasteiger partial charge in [0.2, 0.25) is 18.6 Å². The molecule has 1 N–H and O–H groups in total. The van der Waals surface area contributed by atoms with Crippen LogP contribution in [0.4, 0.5) is 5.69 Å². The zero-order chi connectivity index (χ0) is 28.3. The van der Waals surface area contributed by atoms with Crippen LogP contribution in [-0.4, -0.2) is 45.7 Å². The second-order valence-electron chi connectivity index (χ2n) is 10.2. The molecule has 1 aliphatic heterocycles. The highest BCUT2D eigenvalue weighted by Crippen LogP contribution is 2.38. The molecule has 1 aliphatic rings. The number of hydrogen-bond acceptors (Lipinski definition) is 7. The molecule has 3 aromatic carbocycles. The molecule has 40 heavy (non-hydrogen) atoms. The van der Waals surface area contributed by atoms with Crippen molar-refractivity contribution < 1.29 is 23.8 Å². The summed E-state index contributed by atoms with van der Waals surface area (Å²) in [5.41, 5.74) is 2.02. The monoisotopic (exact) mass is 543 g/mol. The van der Waals surface area contributed by atoms with Crippen LogP contribution in [-0.2, 0) is 16.1 Å². The molecule has 10 heteroatoms. The second kappa shape index (κ2) is 11.3. The van der Waals surface area contributed by atoms with Crippen LogP contribution in [0.1, 0.15) is 45.7 Å². The Labute approximate surface area is 232 Å². The Bertz CT molecular complexity index is 1510. The Balaban J connectivity index is 1.61. The number of ether oxygens (including phenoxy) is 3. The van der Waals surface area contributed by atoms with Crippen molar-refractivity contribution in [3.8, 4) is 17.2 Å². The summed E-state index contributed by atoms with van der Waals surface area (Å²) in [6.07, 6.45) is 0.706. The fourth-order valence-corrected chi connectivity index (χ4v) is 4.53. The van der Waals surface area contributed by atoms with Crippen molar-refractivity contribution in [2.24, 2.45) is 0 Å². The average Bonchev–Trinajstić information content (AvgIpc) is 3.59. The van der Waals surface area contributed by atoms with Crippen molar-refractivity contribution in [1.82, 2.24) is 20.3 Å². The molecule has 1 unspecified atom stereocenters. The minimum absolute atomic E-state index is 0.0885. The van der Waals surface area contributed by atoms with Crippen molar-refractivity contribution in [2.45, 2.75) is 52.2 Å². The molecule has 2 heterocycles. The highest BCUT2D eigenvalue weighted by molar-refractivity contribution is 6.02. The fraction of sp³-hybridized carbons (Fsp3) is 0.333. The van der Waals surface area contributed by atoms with Crippen LogP contribution >= 0.6 is 0 Å². The van der Waals surface area contributed by atoms with E-state index >= 15 is 0 Å². The average molecular weight is 544 g/mol. The zero-order valence-corrected chi connectivity index (χ0v) is 23.1. The topological polar surface area (TPSA) is 108 Å². The maximum Gasteiger partial charge on any atom is 0.249 e. The van der Waals surface area contributed by atoms with Gasteiger partial charge >= 0.3 is 0 Å². The smallest absolute Gasteiger partial charge is 0.249 e. The molecule has 1 aromatic heterocycles. The third kappa shape index (κ3) is 5.56. The number of fused-ring (bicyclic) bond motifs is 2. The Kier molecular flexibility index (Phi) is 7.59. The van der Waals surface area contributed by atoms with Crippen LogP contribution in [0.15, 0.2) is 66.7 Å². The van der Waals surface area contributed by atoms with E-state index in [1.807, 2.05) is 64.1 Å². The number of rotatable bonds is 10. The molecule has 0 bridgehead atoms. The molecular formula is C30H33N5O5. The van der Waals surface area contributed by atoms with E-state index in [9.17, 15) is 9.59 Å². The number of amides is 2. The summed E-state index contributed by atoms with van der Waals surface area (Å²) in [4.78, 5) is 29.8. The molecule has 0 radical (unpaired) electrons. The Hall–Kier alpha value is -4.60. The van der Waals surface area contributed by atoms with Gasteiger partial charge in [0.1, 0.15) is 23.9 Å². The molecule has 0 saturated heterocycles. The van der Waals surface area contributed by atoms with Crippen molar-refractivity contribution >= 4 is 28.5 Å². The van der Waals surface area contributed by atoms with Crippen LogP contribution in [0.5, 0.6) is 17.2 Å². The summed E-state index contributed by atoms with van der Waals surface area (Å²) < 4.78 is 18.3. The van der Waals surface area contributed by atoms with E-state index in [0.29, 0.717) is 47.0 Å². The fourth-order valence-electron chi connectivity index (χ4n) is 4.53. The van der Waals surface area contributed by atoms with Crippen molar-refractivity contribution in [3.63, 3.8) is 0 Å². The van der Waals surface area contributed by atoms with Gasteiger partial charge in [-0.1, -0.05) is 36.4 Å². The predicted molar refractivity (Wildman–Crippen MR) is 150 cm³/mol. The lowest BCUT2D eigenvalue weighted by atomic mass is 9.98. The third-order valence-electron chi connectivity index (χ3n) is 6.97. The molecule has 0 fully saturated rings. The van der Waals surface area contributed by atoms with E-state index in [2.05, 4.69) is 15.6 Å². The maximum absolute atomic E-state index is 14.2. The van der Waals surface area contributed by atoms with Crippen LogP contribution in [0.3, 0.4) is 0 Å². The molecule has 0 saturated carbocycles. The molecule has 2 amide bonds. The summed E-state index contributed by atoms with van der Waals surface area (Å²) >= 11 is 0. The van der Waals surface area contributed by atoms with Gasteiger partial charge in [0, 0.05) is 17.3 Å². The van der Waals surface area contributed by atoms with E-state index in [0.717, 1.165) is 5.52 Å². The largest absolute Gasteiger partial charge is 0.494 e. The molecule has 5 rings (SSSR count). The first-order chi connectivity index (χ1) is 19.3. The summed E-state index contributed by atoms with van der Waals surface area (Å²) in [6.45, 7) is 8.29. The normalized spacial score (nSPS) is 13.2. The number of benzene rings is 3. The molecule has 1 atom stereocenters. The van der Waals surface area contributed by atoms with E-state index in [1.165, 1.54) is 4.90 Å². The van der Waals surface area contributed by atoms with Gasteiger partial charge in [-0.15, -0.1) is 5.10 Å². The van der Waals surface area contributed by atoms with Crippen LogP contribution in [0.25, 0.3) is 11.0 Å². The number of nitrogens with zero attached hydrogens (tertiary/aromatic N) is 4. The molecule has 0 spiro atoms. The van der Waals surface area contributed by atoms with Crippen molar-refractivity contribution in [1.29, 1.82) is 0 Å². The highest BCUT2D eigenvalue weighted by Gasteiger charge is 2.36. The summed E-state index contributed by atoms with van der Waals surface area (Å²) in [5, 5.41) is 11.5. The number of nitrogens with one attached hydrogen (secondary N) is 1. The number of carbonyl (C=O) groups excluding carboxylic acids is 2. The van der Waals surface area contributed by atoms with Crippen molar-refractivity contribution in [2.75, 3.05) is 18.3 Å². The number of para-hydroxylation sites is 1. The third-order valence-corrected chi connectivity index (χ3v) is 6.97. The molecule has 10 nitrogen and oxygen atoms in total. The number of anilines is 1.